The van der Waals surface area contributed by atoms with Gasteiger partial charge < -0.3 is 59.7 Å². The summed E-state index contributed by atoms with van der Waals surface area (Å²) < 4.78 is 0. The second-order valence-corrected chi connectivity index (χ2v) is 10.1. The minimum atomic E-state index is -1.98. The number of primary amides is 3. The van der Waals surface area contributed by atoms with Crippen LogP contribution in [0.15, 0.2) is 0 Å². The normalized spacial score (nSPS) is 13.8. The van der Waals surface area contributed by atoms with Crippen molar-refractivity contribution in [2.24, 2.45) is 22.9 Å². The number of amides is 8. The lowest BCUT2D eigenvalue weighted by molar-refractivity contribution is -0.143. The number of hydrogen-bond acceptors (Lipinski definition) is 11. The van der Waals surface area contributed by atoms with E-state index in [-0.39, 0.29) is 25.8 Å². The summed E-state index contributed by atoms with van der Waals surface area (Å²) in [6, 6.07) is -8.46. The fourth-order valence-electron chi connectivity index (χ4n) is 3.85. The Morgan fingerprint density at radius 2 is 0.957 bits per heavy atom. The van der Waals surface area contributed by atoms with Crippen LogP contribution in [0.2, 0.25) is 0 Å². The van der Waals surface area contributed by atoms with Crippen molar-refractivity contribution < 1.29 is 58.2 Å². The van der Waals surface area contributed by atoms with Crippen molar-refractivity contribution in [3.05, 3.63) is 0 Å². The number of unbranched alkanes of at least 4 members (excludes halogenated alkanes) is 1. The minimum absolute atomic E-state index is 0.0501. The molecule has 21 heteroatoms. The highest BCUT2D eigenvalue weighted by Crippen LogP contribution is 2.06. The Morgan fingerprint density at radius 3 is 1.30 bits per heavy atom. The molecule has 0 rings (SSSR count). The van der Waals surface area contributed by atoms with E-state index >= 15 is 0 Å². The Morgan fingerprint density at radius 1 is 0.543 bits per heavy atom. The smallest absolute Gasteiger partial charge is 0.326 e. The lowest BCUT2D eigenvalue weighted by Gasteiger charge is -2.25. The summed E-state index contributed by atoms with van der Waals surface area (Å²) in [5.74, 6) is -11.7. The highest BCUT2D eigenvalue weighted by Gasteiger charge is 2.34. The predicted molar refractivity (Wildman–Crippen MR) is 154 cm³/mol. The summed E-state index contributed by atoms with van der Waals surface area (Å²) in [7, 11) is 0. The highest BCUT2D eigenvalue weighted by atomic mass is 16.4. The molecule has 0 heterocycles. The molecular weight excluding hydrogens is 618 g/mol. The molecule has 0 aliphatic heterocycles. The van der Waals surface area contributed by atoms with Gasteiger partial charge in [0.25, 0.3) is 0 Å². The second kappa shape index (κ2) is 20.6. The van der Waals surface area contributed by atoms with Crippen molar-refractivity contribution in [3.63, 3.8) is 0 Å². The topological polar surface area (TPSA) is 375 Å². The summed E-state index contributed by atoms with van der Waals surface area (Å²) in [4.78, 5) is 121. The number of rotatable bonds is 23. The Bertz CT molecular complexity index is 1180. The van der Waals surface area contributed by atoms with Crippen LogP contribution in [-0.2, 0) is 47.9 Å². The van der Waals surface area contributed by atoms with Crippen LogP contribution >= 0.6 is 0 Å². The van der Waals surface area contributed by atoms with Crippen molar-refractivity contribution in [1.29, 1.82) is 0 Å². The molecule has 0 saturated carbocycles. The van der Waals surface area contributed by atoms with Crippen LogP contribution in [-0.4, -0.2) is 106 Å². The molecule has 0 aliphatic carbocycles. The fourth-order valence-corrected chi connectivity index (χ4v) is 3.85. The third-order valence-electron chi connectivity index (χ3n) is 6.02. The number of carboxylic acid groups (broad SMARTS) is 2. The molecule has 0 aliphatic rings. The molecule has 0 aromatic carbocycles. The Balaban J connectivity index is 6.04. The number of nitrogens with two attached hydrogens (primary N) is 4. The third kappa shape index (κ3) is 17.1. The number of hydrogen-bond donors (Lipinski definition) is 11. The molecule has 0 radical (unpaired) electrons. The van der Waals surface area contributed by atoms with Gasteiger partial charge in [0.05, 0.1) is 19.3 Å². The first-order chi connectivity index (χ1) is 21.4. The summed E-state index contributed by atoms with van der Waals surface area (Å²) in [5.41, 5.74) is 20.8. The number of carbonyl (C=O) groups is 10. The summed E-state index contributed by atoms with van der Waals surface area (Å²) in [6.07, 6.45) is -2.77. The molecule has 5 atom stereocenters. The highest BCUT2D eigenvalue weighted by molar-refractivity contribution is 5.99. The van der Waals surface area contributed by atoms with E-state index in [1.54, 1.807) is 0 Å². The monoisotopic (exact) mass is 659 g/mol. The molecule has 21 nitrogen and oxygen atoms in total. The van der Waals surface area contributed by atoms with E-state index in [9.17, 15) is 58.2 Å². The molecule has 258 valence electrons. The maximum Gasteiger partial charge on any atom is 0.326 e. The van der Waals surface area contributed by atoms with Gasteiger partial charge in [0.1, 0.15) is 30.2 Å². The minimum Gasteiger partial charge on any atom is -0.481 e. The van der Waals surface area contributed by atoms with Crippen LogP contribution < -0.4 is 49.5 Å². The molecule has 46 heavy (non-hydrogen) atoms. The predicted octanol–water partition coefficient (Wildman–Crippen LogP) is -5.87. The van der Waals surface area contributed by atoms with Crippen molar-refractivity contribution in [2.75, 3.05) is 6.54 Å². The maximum absolute atomic E-state index is 13.1. The first-order valence-electron chi connectivity index (χ1n) is 13.9. The Hall–Kier alpha value is -5.34. The fraction of sp³-hybridized carbons (Fsp3) is 0.600. The Kier molecular flexibility index (Phi) is 18.2. The summed E-state index contributed by atoms with van der Waals surface area (Å²) in [5, 5.41) is 29.3. The van der Waals surface area contributed by atoms with Crippen LogP contribution in [0.25, 0.3) is 0 Å². The molecule has 0 unspecified atom stereocenters. The SMILES string of the molecule is CC(=O)N[C@@H](CCC(N)=O)C(=O)N[C@@H](CC(N)=O)C(=O)N[C@@H](CC(=O)O)C(=O)N[C@@H](CC(N)=O)C(=O)N[C@@H](CCCCN)C(=O)O. The van der Waals surface area contributed by atoms with Crippen LogP contribution in [0.4, 0.5) is 0 Å². The molecule has 15 N–H and O–H groups in total. The maximum atomic E-state index is 13.1. The van der Waals surface area contributed by atoms with Crippen molar-refractivity contribution >= 4 is 59.2 Å². The van der Waals surface area contributed by atoms with Crippen molar-refractivity contribution in [2.45, 2.75) is 88.5 Å². The standard InChI is InChI=1S/C25H41N9O12/c1-11(35)30-12(5-6-17(27)36)21(41)32-15(9-19(29)38)23(43)34-16(10-20(39)40)24(44)33-14(8-18(28)37)22(42)31-13(25(45)46)4-2-3-7-26/h12-16H,2-10,26H2,1H3,(H2,27,36)(H2,28,37)(H2,29,38)(H,30,35)(H,31,42)(H,32,41)(H,33,44)(H,34,43)(H,39,40)(H,45,46)/t12-,13-,14-,15-,16-/m0/s1. The van der Waals surface area contributed by atoms with Gasteiger partial charge in [-0.15, -0.1) is 0 Å². The van der Waals surface area contributed by atoms with Gasteiger partial charge >= 0.3 is 11.9 Å². The van der Waals surface area contributed by atoms with Gasteiger partial charge in [-0.25, -0.2) is 4.79 Å². The third-order valence-corrected chi connectivity index (χ3v) is 6.02. The molecule has 0 fully saturated rings. The molecule has 0 bridgehead atoms. The quantitative estimate of drug-likeness (QED) is 0.0456. The summed E-state index contributed by atoms with van der Waals surface area (Å²) >= 11 is 0. The average Bonchev–Trinajstić information content (AvgIpc) is 2.92. The lowest BCUT2D eigenvalue weighted by atomic mass is 10.1. The van der Waals surface area contributed by atoms with Crippen LogP contribution in [0.5, 0.6) is 0 Å². The zero-order chi connectivity index (χ0) is 35.6. The van der Waals surface area contributed by atoms with Gasteiger partial charge in [-0.3, -0.25) is 43.2 Å². The average molecular weight is 660 g/mol. The molecular formula is C25H41N9O12. The molecule has 8 amide bonds. The number of carbonyl (C=O) groups excluding carboxylic acids is 8. The number of aliphatic carboxylic acids is 2. The van der Waals surface area contributed by atoms with E-state index in [0.29, 0.717) is 12.8 Å². The van der Waals surface area contributed by atoms with E-state index < -0.39 is 109 Å². The van der Waals surface area contributed by atoms with Gasteiger partial charge in [-0.05, 0) is 32.2 Å². The zero-order valence-corrected chi connectivity index (χ0v) is 25.0. The van der Waals surface area contributed by atoms with Gasteiger partial charge in [-0.2, -0.15) is 0 Å². The molecule has 0 aromatic heterocycles. The van der Waals surface area contributed by atoms with E-state index in [1.807, 2.05) is 10.6 Å². The van der Waals surface area contributed by atoms with Crippen molar-refractivity contribution in [1.82, 2.24) is 26.6 Å². The van der Waals surface area contributed by atoms with Gasteiger partial charge in [0, 0.05) is 13.3 Å². The van der Waals surface area contributed by atoms with Crippen LogP contribution in [0, 0.1) is 0 Å². The van der Waals surface area contributed by atoms with E-state index in [4.69, 9.17) is 22.9 Å². The van der Waals surface area contributed by atoms with Crippen LogP contribution in [0.3, 0.4) is 0 Å². The number of carboxylic acids is 2. The first-order valence-corrected chi connectivity index (χ1v) is 13.9. The Labute approximate surface area is 262 Å². The van der Waals surface area contributed by atoms with Crippen LogP contribution in [0.1, 0.15) is 58.3 Å². The van der Waals surface area contributed by atoms with Gasteiger partial charge in [0.2, 0.25) is 47.3 Å². The lowest BCUT2D eigenvalue weighted by Crippen LogP contribution is -2.60. The van der Waals surface area contributed by atoms with E-state index in [2.05, 4.69) is 16.0 Å². The largest absolute Gasteiger partial charge is 0.481 e. The second-order valence-electron chi connectivity index (χ2n) is 10.1. The molecule has 0 spiro atoms. The van der Waals surface area contributed by atoms with Gasteiger partial charge in [-0.1, -0.05) is 0 Å². The number of nitrogens with one attached hydrogen (secondary N) is 5. The van der Waals surface area contributed by atoms with Gasteiger partial charge in [0.15, 0.2) is 0 Å². The zero-order valence-electron chi connectivity index (χ0n) is 25.0. The first kappa shape index (κ1) is 40.7. The van der Waals surface area contributed by atoms with E-state index in [0.717, 1.165) is 6.92 Å². The molecule has 0 saturated heterocycles. The summed E-state index contributed by atoms with van der Waals surface area (Å²) in [6.45, 7) is 1.31. The van der Waals surface area contributed by atoms with Crippen molar-refractivity contribution in [3.8, 4) is 0 Å². The van der Waals surface area contributed by atoms with E-state index in [1.165, 1.54) is 0 Å². The molecule has 0 aromatic rings.